The molecule has 1 aromatic heterocycles. The highest BCUT2D eigenvalue weighted by molar-refractivity contribution is 7.09. The summed E-state index contributed by atoms with van der Waals surface area (Å²) in [6.45, 7) is 2.26. The number of hydrogen-bond acceptors (Lipinski definition) is 5. The minimum Gasteiger partial charge on any atom is -0.497 e. The Bertz CT molecular complexity index is 1370. The van der Waals surface area contributed by atoms with Gasteiger partial charge in [0.25, 0.3) is 0 Å². The van der Waals surface area contributed by atoms with E-state index in [-0.39, 0.29) is 11.8 Å². The van der Waals surface area contributed by atoms with Crippen LogP contribution in [0.2, 0.25) is 0 Å². The first-order valence-corrected chi connectivity index (χ1v) is 14.1. The predicted octanol–water partition coefficient (Wildman–Crippen LogP) is 5.60. The maximum atomic E-state index is 14.0. The monoisotopic (exact) mass is 539 g/mol. The number of nitrogens with one attached hydrogen (secondary N) is 1. The van der Waals surface area contributed by atoms with Gasteiger partial charge in [-0.25, -0.2) is 0 Å². The molecule has 5 rings (SSSR count). The van der Waals surface area contributed by atoms with Crippen LogP contribution in [0.25, 0.3) is 0 Å². The Kier molecular flexibility index (Phi) is 8.58. The summed E-state index contributed by atoms with van der Waals surface area (Å²) in [7, 11) is 1.61. The summed E-state index contributed by atoms with van der Waals surface area (Å²) < 4.78 is 5.35. The molecule has 1 atom stereocenters. The Balaban J connectivity index is 1.41. The molecule has 2 heterocycles. The third-order valence-corrected chi connectivity index (χ3v) is 7.97. The fraction of sp³-hybridized carbons (Fsp3) is 0.250. The van der Waals surface area contributed by atoms with Crippen LogP contribution in [0.3, 0.4) is 0 Å². The average Bonchev–Trinajstić information content (AvgIpc) is 3.65. The van der Waals surface area contributed by atoms with Crippen LogP contribution in [0.4, 0.5) is 5.69 Å². The van der Waals surface area contributed by atoms with Crippen molar-refractivity contribution < 1.29 is 14.3 Å². The second-order valence-electron chi connectivity index (χ2n) is 9.60. The van der Waals surface area contributed by atoms with Crippen LogP contribution in [0.15, 0.2) is 96.4 Å². The van der Waals surface area contributed by atoms with Gasteiger partial charge in [0.15, 0.2) is 0 Å². The summed E-state index contributed by atoms with van der Waals surface area (Å²) in [4.78, 5) is 32.8. The number of hydrogen-bond donors (Lipinski definition) is 1. The van der Waals surface area contributed by atoms with E-state index in [1.165, 1.54) is 11.3 Å². The van der Waals surface area contributed by atoms with E-state index in [0.717, 1.165) is 29.0 Å². The number of thiophene rings is 1. The van der Waals surface area contributed by atoms with Gasteiger partial charge in [-0.3, -0.25) is 9.59 Å². The summed E-state index contributed by atoms with van der Waals surface area (Å²) in [5, 5.41) is 5.08. The number of ether oxygens (including phenoxy) is 1. The van der Waals surface area contributed by atoms with Gasteiger partial charge in [0.2, 0.25) is 11.8 Å². The number of nitrogens with zero attached hydrogens (tertiary/aromatic N) is 2. The van der Waals surface area contributed by atoms with Crippen LogP contribution in [-0.4, -0.2) is 36.9 Å². The Morgan fingerprint density at radius 3 is 2.49 bits per heavy atom. The van der Waals surface area contributed by atoms with Crippen molar-refractivity contribution in [2.75, 3.05) is 25.1 Å². The number of carbonyl (C=O) groups excluding carboxylic acids is 2. The van der Waals surface area contributed by atoms with E-state index in [0.29, 0.717) is 31.8 Å². The average molecular weight is 540 g/mol. The molecule has 3 aromatic carbocycles. The van der Waals surface area contributed by atoms with Crippen LogP contribution in [0.1, 0.15) is 34.0 Å². The lowest BCUT2D eigenvalue weighted by Crippen LogP contribution is -2.44. The number of methoxy groups -OCH3 is 1. The molecule has 0 saturated carbocycles. The number of fused-ring (bicyclic) bond motifs is 1. The van der Waals surface area contributed by atoms with Gasteiger partial charge in [-0.15, -0.1) is 11.3 Å². The molecule has 0 fully saturated rings. The van der Waals surface area contributed by atoms with Crippen LogP contribution in [-0.2, 0) is 29.1 Å². The van der Waals surface area contributed by atoms with Crippen molar-refractivity contribution in [3.05, 3.63) is 118 Å². The molecule has 200 valence electrons. The highest BCUT2D eigenvalue weighted by atomic mass is 32.1. The van der Waals surface area contributed by atoms with Crippen LogP contribution < -0.4 is 15.0 Å². The lowest BCUT2D eigenvalue weighted by Gasteiger charge is -2.32. The standard InChI is InChI=1S/C32H33N3O3S/c1-38-27-15-13-26(14-16-27)31(32(37)33-22-24-8-3-2-4-9-24)35(23-28-11-7-21-39-28)30(36)18-20-34-19-17-25-10-5-6-12-29(25)34/h2-16,21,31H,17-20,22-23H2,1H3,(H,33,37)/t31-/m0/s1. The quantitative estimate of drug-likeness (QED) is 0.270. The summed E-state index contributed by atoms with van der Waals surface area (Å²) in [6, 6.07) is 28.8. The molecule has 2 amide bonds. The first-order chi connectivity index (χ1) is 19.1. The van der Waals surface area contributed by atoms with Gasteiger partial charge in [-0.05, 0) is 52.8 Å². The van der Waals surface area contributed by atoms with Crippen molar-refractivity contribution in [1.82, 2.24) is 10.2 Å². The number of para-hydroxylation sites is 1. The molecule has 0 unspecified atom stereocenters. The van der Waals surface area contributed by atoms with Gasteiger partial charge < -0.3 is 19.9 Å². The molecular weight excluding hydrogens is 506 g/mol. The molecule has 6 nitrogen and oxygen atoms in total. The number of anilines is 1. The summed E-state index contributed by atoms with van der Waals surface area (Å²) >= 11 is 1.59. The highest BCUT2D eigenvalue weighted by Gasteiger charge is 2.32. The third-order valence-electron chi connectivity index (χ3n) is 7.11. The molecule has 0 spiro atoms. The summed E-state index contributed by atoms with van der Waals surface area (Å²) in [5.74, 6) is 0.440. The van der Waals surface area contributed by atoms with Crippen molar-refractivity contribution in [2.45, 2.75) is 32.0 Å². The van der Waals surface area contributed by atoms with Crippen molar-refractivity contribution in [3.8, 4) is 5.75 Å². The molecule has 7 heteroatoms. The van der Waals surface area contributed by atoms with E-state index in [2.05, 4.69) is 28.4 Å². The second kappa shape index (κ2) is 12.6. The topological polar surface area (TPSA) is 61.9 Å². The molecule has 39 heavy (non-hydrogen) atoms. The maximum absolute atomic E-state index is 14.0. The van der Waals surface area contributed by atoms with Gasteiger partial charge in [0.05, 0.1) is 13.7 Å². The fourth-order valence-electron chi connectivity index (χ4n) is 5.05. The normalized spacial score (nSPS) is 13.0. The van der Waals surface area contributed by atoms with E-state index in [9.17, 15) is 9.59 Å². The second-order valence-corrected chi connectivity index (χ2v) is 10.6. The van der Waals surface area contributed by atoms with Gasteiger partial charge in [-0.2, -0.15) is 0 Å². The minimum atomic E-state index is -0.778. The largest absolute Gasteiger partial charge is 0.497 e. The Hall–Kier alpha value is -4.10. The first kappa shape index (κ1) is 26.5. The molecule has 0 aliphatic carbocycles. The Morgan fingerprint density at radius 1 is 0.974 bits per heavy atom. The van der Waals surface area contributed by atoms with Crippen molar-refractivity contribution in [3.63, 3.8) is 0 Å². The lowest BCUT2D eigenvalue weighted by molar-refractivity contribution is -0.141. The molecule has 0 radical (unpaired) electrons. The third kappa shape index (κ3) is 6.49. The smallest absolute Gasteiger partial charge is 0.247 e. The van der Waals surface area contributed by atoms with Gasteiger partial charge >= 0.3 is 0 Å². The summed E-state index contributed by atoms with van der Waals surface area (Å²) in [6.07, 6.45) is 1.30. The van der Waals surface area contributed by atoms with Gasteiger partial charge in [-0.1, -0.05) is 66.7 Å². The van der Waals surface area contributed by atoms with Crippen LogP contribution in [0.5, 0.6) is 5.75 Å². The summed E-state index contributed by atoms with van der Waals surface area (Å²) in [5.41, 5.74) is 4.26. The molecule has 0 bridgehead atoms. The highest BCUT2D eigenvalue weighted by Crippen LogP contribution is 2.30. The molecule has 0 saturated heterocycles. The SMILES string of the molecule is COc1ccc([C@@H](C(=O)NCc2ccccc2)N(Cc2cccs2)C(=O)CCN2CCc3ccccc32)cc1. The number of rotatable bonds is 11. The van der Waals surface area contributed by atoms with E-state index in [1.54, 1.807) is 23.3 Å². The van der Waals surface area contributed by atoms with Crippen molar-refractivity contribution >= 4 is 28.8 Å². The van der Waals surface area contributed by atoms with E-state index in [4.69, 9.17) is 4.74 Å². The Morgan fingerprint density at radius 2 is 1.74 bits per heavy atom. The first-order valence-electron chi connectivity index (χ1n) is 13.2. The molecular formula is C32H33N3O3S. The molecule has 1 aliphatic heterocycles. The predicted molar refractivity (Wildman–Crippen MR) is 156 cm³/mol. The van der Waals surface area contributed by atoms with E-state index >= 15 is 0 Å². The lowest BCUT2D eigenvalue weighted by atomic mass is 10.0. The Labute approximate surface area is 233 Å². The molecule has 4 aromatic rings. The number of carbonyl (C=O) groups is 2. The van der Waals surface area contributed by atoms with Gasteiger partial charge in [0.1, 0.15) is 11.8 Å². The van der Waals surface area contributed by atoms with Crippen LogP contribution >= 0.6 is 11.3 Å². The van der Waals surface area contributed by atoms with Gasteiger partial charge in [0, 0.05) is 36.6 Å². The van der Waals surface area contributed by atoms with E-state index in [1.807, 2.05) is 78.2 Å². The number of benzene rings is 3. The number of amides is 2. The zero-order valence-corrected chi connectivity index (χ0v) is 22.9. The minimum absolute atomic E-state index is 0.0524. The van der Waals surface area contributed by atoms with Crippen molar-refractivity contribution in [1.29, 1.82) is 0 Å². The zero-order valence-electron chi connectivity index (χ0n) is 22.1. The van der Waals surface area contributed by atoms with Crippen molar-refractivity contribution in [2.24, 2.45) is 0 Å². The maximum Gasteiger partial charge on any atom is 0.247 e. The van der Waals surface area contributed by atoms with Crippen LogP contribution in [0, 0.1) is 0 Å². The molecule has 1 N–H and O–H groups in total. The zero-order chi connectivity index (χ0) is 27.0. The fourth-order valence-corrected chi connectivity index (χ4v) is 5.75. The molecule has 1 aliphatic rings. The van der Waals surface area contributed by atoms with E-state index < -0.39 is 6.04 Å².